The first-order valence-electron chi connectivity index (χ1n) is 9.20. The monoisotopic (exact) mass is 323 g/mol. The second-order valence-electron chi connectivity index (χ2n) is 7.10. The predicted octanol–water partition coefficient (Wildman–Crippen LogP) is 3.66. The summed E-state index contributed by atoms with van der Waals surface area (Å²) in [6.07, 6.45) is 9.07. The van der Waals surface area contributed by atoms with Gasteiger partial charge in [-0.25, -0.2) is 4.68 Å². The average Bonchev–Trinajstić information content (AvgIpc) is 3.47. The van der Waals surface area contributed by atoms with Crippen molar-refractivity contribution in [1.82, 2.24) is 14.7 Å². The van der Waals surface area contributed by atoms with E-state index in [1.165, 1.54) is 44.9 Å². The van der Waals surface area contributed by atoms with Crippen molar-refractivity contribution in [3.8, 4) is 11.3 Å². The van der Waals surface area contributed by atoms with Crippen LogP contribution >= 0.6 is 0 Å². The minimum absolute atomic E-state index is 0.00357. The molecule has 2 saturated carbocycles. The van der Waals surface area contributed by atoms with E-state index >= 15 is 0 Å². The molecule has 0 saturated heterocycles. The molecule has 126 valence electrons. The number of benzene rings is 1. The minimum Gasteiger partial charge on any atom is -0.278 e. The molecule has 4 nitrogen and oxygen atoms in total. The highest BCUT2D eigenvalue weighted by molar-refractivity contribution is 5.57. The lowest BCUT2D eigenvalue weighted by Crippen LogP contribution is -2.42. The largest absolute Gasteiger partial charge is 0.278 e. The molecule has 0 spiro atoms. The third-order valence-electron chi connectivity index (χ3n) is 5.29. The Morgan fingerprint density at radius 2 is 1.62 bits per heavy atom. The van der Waals surface area contributed by atoms with Crippen LogP contribution in [-0.2, 0) is 6.67 Å². The Labute approximate surface area is 143 Å². The summed E-state index contributed by atoms with van der Waals surface area (Å²) in [6, 6.07) is 14.8. The van der Waals surface area contributed by atoms with Gasteiger partial charge in [0.25, 0.3) is 5.56 Å². The van der Waals surface area contributed by atoms with Gasteiger partial charge in [0.05, 0.1) is 12.4 Å². The maximum atomic E-state index is 12.3. The fourth-order valence-electron chi connectivity index (χ4n) is 3.82. The van der Waals surface area contributed by atoms with Crippen molar-refractivity contribution in [2.75, 3.05) is 0 Å². The highest BCUT2D eigenvalue weighted by Crippen LogP contribution is 2.33. The highest BCUT2D eigenvalue weighted by Gasteiger charge is 2.34. The van der Waals surface area contributed by atoms with Crippen LogP contribution in [0.1, 0.15) is 44.9 Å². The molecule has 24 heavy (non-hydrogen) atoms. The van der Waals surface area contributed by atoms with Crippen molar-refractivity contribution in [3.63, 3.8) is 0 Å². The summed E-state index contributed by atoms with van der Waals surface area (Å²) in [7, 11) is 0. The molecule has 2 aromatic rings. The molecular formula is C20H25N3O. The summed E-state index contributed by atoms with van der Waals surface area (Å²) in [4.78, 5) is 14.9. The van der Waals surface area contributed by atoms with Crippen LogP contribution in [0.25, 0.3) is 11.3 Å². The zero-order valence-electron chi connectivity index (χ0n) is 14.1. The molecule has 0 bridgehead atoms. The second-order valence-corrected chi connectivity index (χ2v) is 7.10. The van der Waals surface area contributed by atoms with Gasteiger partial charge in [0.1, 0.15) is 0 Å². The van der Waals surface area contributed by atoms with Crippen molar-refractivity contribution in [1.29, 1.82) is 0 Å². The van der Waals surface area contributed by atoms with Crippen LogP contribution in [0.3, 0.4) is 0 Å². The van der Waals surface area contributed by atoms with Gasteiger partial charge < -0.3 is 0 Å². The molecule has 1 aromatic heterocycles. The molecule has 2 aliphatic carbocycles. The first kappa shape index (κ1) is 15.6. The van der Waals surface area contributed by atoms with Crippen molar-refractivity contribution >= 4 is 0 Å². The molecule has 0 aliphatic heterocycles. The average molecular weight is 323 g/mol. The molecule has 0 radical (unpaired) electrons. The molecule has 4 heteroatoms. The van der Waals surface area contributed by atoms with Gasteiger partial charge in [-0.05, 0) is 31.7 Å². The van der Waals surface area contributed by atoms with Gasteiger partial charge in [-0.3, -0.25) is 9.69 Å². The van der Waals surface area contributed by atoms with Crippen LogP contribution < -0.4 is 5.56 Å². The van der Waals surface area contributed by atoms with Crippen molar-refractivity contribution in [3.05, 3.63) is 52.8 Å². The Kier molecular flexibility index (Phi) is 4.48. The van der Waals surface area contributed by atoms with E-state index in [1.54, 1.807) is 10.7 Å². The third-order valence-corrected chi connectivity index (χ3v) is 5.29. The van der Waals surface area contributed by atoms with E-state index in [0.717, 1.165) is 11.3 Å². The number of hydrogen-bond donors (Lipinski definition) is 0. The summed E-state index contributed by atoms with van der Waals surface area (Å²) >= 11 is 0. The lowest BCUT2D eigenvalue weighted by atomic mass is 9.94. The highest BCUT2D eigenvalue weighted by atomic mass is 16.1. The fourth-order valence-corrected chi connectivity index (χ4v) is 3.82. The van der Waals surface area contributed by atoms with Gasteiger partial charge in [0.2, 0.25) is 0 Å². The predicted molar refractivity (Wildman–Crippen MR) is 95.7 cm³/mol. The third kappa shape index (κ3) is 3.44. The number of hydrogen-bond acceptors (Lipinski definition) is 3. The molecular weight excluding hydrogens is 298 g/mol. The van der Waals surface area contributed by atoms with Crippen molar-refractivity contribution in [2.45, 2.75) is 63.7 Å². The molecule has 1 heterocycles. The van der Waals surface area contributed by atoms with Gasteiger partial charge in [-0.1, -0.05) is 49.6 Å². The van der Waals surface area contributed by atoms with Gasteiger partial charge in [0.15, 0.2) is 0 Å². The Hall–Kier alpha value is -1.94. The number of rotatable bonds is 5. The minimum atomic E-state index is -0.00357. The maximum Gasteiger partial charge on any atom is 0.268 e. The van der Waals surface area contributed by atoms with E-state index in [1.807, 2.05) is 36.4 Å². The number of nitrogens with zero attached hydrogens (tertiary/aromatic N) is 3. The lowest BCUT2D eigenvalue weighted by Gasteiger charge is -2.34. The molecule has 0 atom stereocenters. The lowest BCUT2D eigenvalue weighted by molar-refractivity contribution is 0.102. The van der Waals surface area contributed by atoms with E-state index in [2.05, 4.69) is 10.00 Å². The van der Waals surface area contributed by atoms with Crippen LogP contribution in [0.2, 0.25) is 0 Å². The van der Waals surface area contributed by atoms with E-state index in [4.69, 9.17) is 0 Å². The van der Waals surface area contributed by atoms with Crippen LogP contribution in [0, 0.1) is 0 Å². The van der Waals surface area contributed by atoms with Crippen LogP contribution in [0.4, 0.5) is 0 Å². The Balaban J connectivity index is 1.59. The molecule has 0 amide bonds. The summed E-state index contributed by atoms with van der Waals surface area (Å²) in [5, 5.41) is 4.65. The zero-order valence-corrected chi connectivity index (χ0v) is 14.1. The molecule has 2 aliphatic rings. The Morgan fingerprint density at radius 1 is 0.917 bits per heavy atom. The SMILES string of the molecule is O=c1ccc(-c2ccccc2)nn1CN(C1CCCCC1)C1CC1. The summed E-state index contributed by atoms with van der Waals surface area (Å²) in [5.74, 6) is 0. The smallest absolute Gasteiger partial charge is 0.268 e. The first-order valence-corrected chi connectivity index (χ1v) is 9.20. The first-order chi connectivity index (χ1) is 11.8. The van der Waals surface area contributed by atoms with E-state index in [0.29, 0.717) is 18.8 Å². The second kappa shape index (κ2) is 6.89. The van der Waals surface area contributed by atoms with E-state index in [9.17, 15) is 4.79 Å². The van der Waals surface area contributed by atoms with Gasteiger partial charge >= 0.3 is 0 Å². The standard InChI is InChI=1S/C20H25N3O/c24-20-14-13-19(16-7-3-1-4-8-16)21-23(20)15-22(18-11-12-18)17-9-5-2-6-10-17/h1,3-4,7-8,13-14,17-18H,2,5-6,9-12,15H2. The maximum absolute atomic E-state index is 12.3. The zero-order chi connectivity index (χ0) is 16.4. The van der Waals surface area contributed by atoms with Crippen molar-refractivity contribution in [2.24, 2.45) is 0 Å². The Morgan fingerprint density at radius 3 is 2.33 bits per heavy atom. The molecule has 0 unspecified atom stereocenters. The molecule has 1 aromatic carbocycles. The Bertz CT molecular complexity index is 730. The normalized spacial score (nSPS) is 18.9. The summed E-state index contributed by atoms with van der Waals surface area (Å²) < 4.78 is 1.66. The van der Waals surface area contributed by atoms with E-state index in [-0.39, 0.29) is 5.56 Å². The summed E-state index contributed by atoms with van der Waals surface area (Å²) in [6.45, 7) is 0.634. The van der Waals surface area contributed by atoms with Gasteiger partial charge in [-0.15, -0.1) is 0 Å². The van der Waals surface area contributed by atoms with E-state index < -0.39 is 0 Å². The van der Waals surface area contributed by atoms with Gasteiger partial charge in [0, 0.05) is 23.7 Å². The van der Waals surface area contributed by atoms with Crippen LogP contribution in [0.5, 0.6) is 0 Å². The fraction of sp³-hybridized carbons (Fsp3) is 0.500. The quantitative estimate of drug-likeness (QED) is 0.843. The summed E-state index contributed by atoms with van der Waals surface area (Å²) in [5.41, 5.74) is 1.92. The van der Waals surface area contributed by atoms with Crippen LogP contribution in [0.15, 0.2) is 47.3 Å². The number of aromatic nitrogens is 2. The van der Waals surface area contributed by atoms with Gasteiger partial charge in [-0.2, -0.15) is 5.10 Å². The topological polar surface area (TPSA) is 38.1 Å². The molecule has 0 N–H and O–H groups in total. The van der Waals surface area contributed by atoms with Crippen molar-refractivity contribution < 1.29 is 0 Å². The van der Waals surface area contributed by atoms with Crippen LogP contribution in [-0.4, -0.2) is 26.8 Å². The molecule has 4 rings (SSSR count). The molecule has 2 fully saturated rings.